The number of fused-ring (bicyclic) bond motifs is 1. The number of non-ortho nitro benzene ring substituents is 1. The van der Waals surface area contributed by atoms with Crippen LogP contribution in [0.25, 0.3) is 10.1 Å². The number of nitro benzene ring substituents is 1. The average molecular weight is 335 g/mol. The van der Waals surface area contributed by atoms with E-state index in [1.54, 1.807) is 12.1 Å². The summed E-state index contributed by atoms with van der Waals surface area (Å²) in [6.45, 7) is 4.81. The van der Waals surface area contributed by atoms with Gasteiger partial charge in [-0.15, -0.1) is 11.3 Å². The summed E-state index contributed by atoms with van der Waals surface area (Å²) < 4.78 is 0.869. The summed E-state index contributed by atoms with van der Waals surface area (Å²) in [7, 11) is 3.99. The van der Waals surface area contributed by atoms with E-state index in [0.717, 1.165) is 10.1 Å². The van der Waals surface area contributed by atoms with E-state index in [1.165, 1.54) is 23.5 Å². The molecule has 0 radical (unpaired) electrons. The summed E-state index contributed by atoms with van der Waals surface area (Å²) in [5.74, 6) is 0.289. The van der Waals surface area contributed by atoms with Crippen LogP contribution in [-0.4, -0.2) is 42.4 Å². The second-order valence-electron chi connectivity index (χ2n) is 6.07. The summed E-state index contributed by atoms with van der Waals surface area (Å²) in [5.41, 5.74) is 0.0368. The fourth-order valence-electron chi connectivity index (χ4n) is 2.56. The predicted octanol–water partition coefficient (Wildman–Crippen LogP) is 3.13. The highest BCUT2D eigenvalue weighted by atomic mass is 32.1. The lowest BCUT2D eigenvalue weighted by Crippen LogP contribution is -2.43. The van der Waals surface area contributed by atoms with Gasteiger partial charge < -0.3 is 10.2 Å². The first-order valence-electron chi connectivity index (χ1n) is 7.42. The van der Waals surface area contributed by atoms with E-state index in [0.29, 0.717) is 17.3 Å². The van der Waals surface area contributed by atoms with Crippen molar-refractivity contribution < 1.29 is 9.72 Å². The van der Waals surface area contributed by atoms with Crippen molar-refractivity contribution in [1.29, 1.82) is 0 Å². The molecule has 0 saturated carbocycles. The number of thiophene rings is 1. The molecule has 0 bridgehead atoms. The lowest BCUT2D eigenvalue weighted by molar-refractivity contribution is -0.384. The van der Waals surface area contributed by atoms with Gasteiger partial charge in [0.15, 0.2) is 0 Å². The van der Waals surface area contributed by atoms with Crippen molar-refractivity contribution in [2.24, 2.45) is 5.92 Å². The average Bonchev–Trinajstić information content (AvgIpc) is 2.89. The zero-order valence-corrected chi connectivity index (χ0v) is 14.5. The van der Waals surface area contributed by atoms with Crippen molar-refractivity contribution in [3.8, 4) is 0 Å². The summed E-state index contributed by atoms with van der Waals surface area (Å²) >= 11 is 1.35. The molecule has 1 aromatic heterocycles. The second kappa shape index (κ2) is 7.06. The quantitative estimate of drug-likeness (QED) is 0.650. The fraction of sp³-hybridized carbons (Fsp3) is 0.438. The number of carbonyl (C=O) groups is 1. The van der Waals surface area contributed by atoms with Crippen molar-refractivity contribution >= 4 is 33.0 Å². The van der Waals surface area contributed by atoms with E-state index in [1.807, 2.05) is 14.1 Å². The molecule has 1 N–H and O–H groups in total. The molecule has 23 heavy (non-hydrogen) atoms. The second-order valence-corrected chi connectivity index (χ2v) is 7.16. The maximum absolute atomic E-state index is 12.3. The Hall–Kier alpha value is -1.99. The Morgan fingerprint density at radius 3 is 2.61 bits per heavy atom. The first kappa shape index (κ1) is 17.4. The number of likely N-dealkylation sites (N-methyl/N-ethyl adjacent to an activating group) is 1. The van der Waals surface area contributed by atoms with E-state index >= 15 is 0 Å². The van der Waals surface area contributed by atoms with Crippen LogP contribution >= 0.6 is 11.3 Å². The fourth-order valence-corrected chi connectivity index (χ4v) is 3.51. The summed E-state index contributed by atoms with van der Waals surface area (Å²) in [6.07, 6.45) is 0. The molecule has 1 heterocycles. The van der Waals surface area contributed by atoms with Gasteiger partial charge in [-0.3, -0.25) is 14.9 Å². The van der Waals surface area contributed by atoms with Gasteiger partial charge in [0.05, 0.1) is 9.80 Å². The van der Waals surface area contributed by atoms with Gasteiger partial charge >= 0.3 is 0 Å². The van der Waals surface area contributed by atoms with Crippen LogP contribution in [0.2, 0.25) is 0 Å². The van der Waals surface area contributed by atoms with E-state index in [2.05, 4.69) is 24.1 Å². The number of nitrogens with zero attached hydrogens (tertiary/aromatic N) is 2. The van der Waals surface area contributed by atoms with E-state index in [-0.39, 0.29) is 17.6 Å². The van der Waals surface area contributed by atoms with Gasteiger partial charge in [0.1, 0.15) is 0 Å². The molecule has 0 aliphatic rings. The molecule has 0 aliphatic carbocycles. The molecule has 2 aromatic rings. The molecular formula is C16H21N3O3S. The zero-order valence-electron chi connectivity index (χ0n) is 13.7. The molecule has 2 rings (SSSR count). The van der Waals surface area contributed by atoms with Crippen LogP contribution in [0.5, 0.6) is 0 Å². The van der Waals surface area contributed by atoms with Crippen molar-refractivity contribution in [3.05, 3.63) is 39.3 Å². The number of rotatable bonds is 6. The molecule has 0 spiro atoms. The monoisotopic (exact) mass is 335 g/mol. The van der Waals surface area contributed by atoms with Gasteiger partial charge in [0.25, 0.3) is 11.6 Å². The number of amides is 1. The van der Waals surface area contributed by atoms with Crippen molar-refractivity contribution in [2.75, 3.05) is 20.6 Å². The maximum Gasteiger partial charge on any atom is 0.270 e. The molecule has 1 atom stereocenters. The lowest BCUT2D eigenvalue weighted by atomic mass is 10.0. The SMILES string of the molecule is CC(C)[C@H](CNC(=O)c1cc2cc([N+](=O)[O-])ccc2s1)N(C)C. The lowest BCUT2D eigenvalue weighted by Gasteiger charge is -2.27. The Balaban J connectivity index is 2.13. The third-order valence-electron chi connectivity index (χ3n) is 3.84. The highest BCUT2D eigenvalue weighted by Gasteiger charge is 2.18. The third kappa shape index (κ3) is 4.05. The Morgan fingerprint density at radius 1 is 1.35 bits per heavy atom. The van der Waals surface area contributed by atoms with Crippen LogP contribution in [-0.2, 0) is 0 Å². The summed E-state index contributed by atoms with van der Waals surface area (Å²) in [4.78, 5) is 25.4. The molecule has 0 aliphatic heterocycles. The highest BCUT2D eigenvalue weighted by molar-refractivity contribution is 7.20. The van der Waals surface area contributed by atoms with E-state index in [9.17, 15) is 14.9 Å². The minimum absolute atomic E-state index is 0.0368. The van der Waals surface area contributed by atoms with Gasteiger partial charge in [0, 0.05) is 34.8 Å². The molecule has 0 fully saturated rings. The largest absolute Gasteiger partial charge is 0.350 e. The number of carbonyl (C=O) groups excluding carboxylic acids is 1. The Labute approximate surface area is 139 Å². The van der Waals surface area contributed by atoms with Crippen LogP contribution in [0.3, 0.4) is 0 Å². The van der Waals surface area contributed by atoms with Crippen molar-refractivity contribution in [3.63, 3.8) is 0 Å². The first-order chi connectivity index (χ1) is 10.8. The molecule has 6 nitrogen and oxygen atoms in total. The minimum atomic E-state index is -0.429. The molecule has 1 aromatic carbocycles. The third-order valence-corrected chi connectivity index (χ3v) is 4.95. The number of hydrogen-bond acceptors (Lipinski definition) is 5. The van der Waals surface area contributed by atoms with Crippen LogP contribution < -0.4 is 5.32 Å². The van der Waals surface area contributed by atoms with Gasteiger partial charge in [-0.1, -0.05) is 13.8 Å². The molecular weight excluding hydrogens is 314 g/mol. The molecule has 124 valence electrons. The Morgan fingerprint density at radius 2 is 2.04 bits per heavy atom. The summed E-state index contributed by atoms with van der Waals surface area (Å²) in [5, 5.41) is 14.5. The minimum Gasteiger partial charge on any atom is -0.350 e. The smallest absolute Gasteiger partial charge is 0.270 e. The van der Waals surface area contributed by atoms with E-state index < -0.39 is 4.92 Å². The standard InChI is InChI=1S/C16H21N3O3S/c1-10(2)13(18(3)4)9-17-16(20)15-8-11-7-12(19(21)22)5-6-14(11)23-15/h5-8,10,13H,9H2,1-4H3,(H,17,20)/t13-/m0/s1. The van der Waals surface area contributed by atoms with Crippen LogP contribution in [0.15, 0.2) is 24.3 Å². The topological polar surface area (TPSA) is 75.5 Å². The van der Waals surface area contributed by atoms with Gasteiger partial charge in [-0.2, -0.15) is 0 Å². The number of benzene rings is 1. The van der Waals surface area contributed by atoms with Crippen LogP contribution in [0.4, 0.5) is 5.69 Å². The predicted molar refractivity (Wildman–Crippen MR) is 93.1 cm³/mol. The maximum atomic E-state index is 12.3. The van der Waals surface area contributed by atoms with Crippen molar-refractivity contribution in [1.82, 2.24) is 10.2 Å². The number of nitro groups is 1. The van der Waals surface area contributed by atoms with Crippen molar-refractivity contribution in [2.45, 2.75) is 19.9 Å². The van der Waals surface area contributed by atoms with Crippen LogP contribution in [0.1, 0.15) is 23.5 Å². The highest BCUT2D eigenvalue weighted by Crippen LogP contribution is 2.28. The number of hydrogen-bond donors (Lipinski definition) is 1. The van der Waals surface area contributed by atoms with Crippen LogP contribution in [0, 0.1) is 16.0 Å². The summed E-state index contributed by atoms with van der Waals surface area (Å²) in [6, 6.07) is 6.61. The molecule has 0 unspecified atom stereocenters. The Kier molecular flexibility index (Phi) is 5.33. The van der Waals surface area contributed by atoms with Gasteiger partial charge in [0.2, 0.25) is 0 Å². The molecule has 0 saturated heterocycles. The first-order valence-corrected chi connectivity index (χ1v) is 8.24. The zero-order chi connectivity index (χ0) is 17.1. The van der Waals surface area contributed by atoms with E-state index in [4.69, 9.17) is 0 Å². The normalized spacial score (nSPS) is 12.8. The van der Waals surface area contributed by atoms with Gasteiger partial charge in [-0.05, 0) is 32.1 Å². The number of nitrogens with one attached hydrogen (secondary N) is 1. The molecule has 1 amide bonds. The molecule has 7 heteroatoms. The van der Waals surface area contributed by atoms with Gasteiger partial charge in [-0.25, -0.2) is 0 Å². The Bertz CT molecular complexity index is 716.